The Hall–Kier alpha value is -1.92. The Morgan fingerprint density at radius 3 is 2.96 bits per heavy atom. The highest BCUT2D eigenvalue weighted by atomic mass is 19.1. The summed E-state index contributed by atoms with van der Waals surface area (Å²) in [6.07, 6.45) is -0.566. The summed E-state index contributed by atoms with van der Waals surface area (Å²) in [6.45, 7) is 3.99. The second kappa shape index (κ2) is 5.32. The van der Waals surface area contributed by atoms with Gasteiger partial charge < -0.3 is 14.8 Å². The molecule has 118 valence electrons. The van der Waals surface area contributed by atoms with Gasteiger partial charge in [-0.2, -0.15) is 0 Å². The number of hydrogen-bond donors (Lipinski definition) is 2. The number of hydrogen-bond acceptors (Lipinski definition) is 3. The van der Waals surface area contributed by atoms with Crippen LogP contribution in [0.4, 0.5) is 4.39 Å². The predicted octanol–water partition coefficient (Wildman–Crippen LogP) is 3.22. The number of benzene rings is 2. The van der Waals surface area contributed by atoms with Crippen LogP contribution in [0, 0.1) is 6.92 Å². The average Bonchev–Trinajstić information content (AvgIpc) is 3.09. The van der Waals surface area contributed by atoms with Gasteiger partial charge in [0.25, 0.3) is 0 Å². The van der Waals surface area contributed by atoms with Gasteiger partial charge in [0, 0.05) is 18.4 Å². The van der Waals surface area contributed by atoms with Gasteiger partial charge in [0.1, 0.15) is 12.0 Å². The summed E-state index contributed by atoms with van der Waals surface area (Å²) in [5.74, 6) is 0.731. The van der Waals surface area contributed by atoms with Crippen molar-refractivity contribution in [3.8, 4) is 0 Å². The molecule has 0 spiro atoms. The fourth-order valence-electron chi connectivity index (χ4n) is 3.60. The first-order valence-electron chi connectivity index (χ1n) is 8.00. The molecule has 0 bridgehead atoms. The van der Waals surface area contributed by atoms with Crippen LogP contribution >= 0.6 is 0 Å². The van der Waals surface area contributed by atoms with Gasteiger partial charge in [-0.1, -0.05) is 29.8 Å². The number of aromatic amines is 1. The summed E-state index contributed by atoms with van der Waals surface area (Å²) in [7, 11) is -0.687. The van der Waals surface area contributed by atoms with Crippen LogP contribution in [0.15, 0.2) is 30.3 Å². The molecule has 2 N–H and O–H groups in total. The Bertz CT molecular complexity index is 879. The maximum Gasteiger partial charge on any atom is 0.377 e. The lowest BCUT2D eigenvalue weighted by atomic mass is 9.84. The molecule has 2 atom stereocenters. The van der Waals surface area contributed by atoms with E-state index in [-0.39, 0.29) is 12.6 Å². The number of H-pyrrole nitrogens is 1. The fourth-order valence-corrected chi connectivity index (χ4v) is 3.60. The van der Waals surface area contributed by atoms with Crippen molar-refractivity contribution in [2.24, 2.45) is 0 Å². The van der Waals surface area contributed by atoms with Crippen molar-refractivity contribution in [1.82, 2.24) is 14.8 Å². The van der Waals surface area contributed by atoms with E-state index in [9.17, 15) is 9.41 Å². The van der Waals surface area contributed by atoms with E-state index in [1.54, 1.807) is 11.6 Å². The third-order valence-corrected chi connectivity index (χ3v) is 4.73. The summed E-state index contributed by atoms with van der Waals surface area (Å²) in [6, 6.07) is 10.2. The summed E-state index contributed by atoms with van der Waals surface area (Å²) in [5, 5.41) is 12.2. The Morgan fingerprint density at radius 1 is 1.35 bits per heavy atom. The Morgan fingerprint density at radius 2 is 2.17 bits per heavy atom. The van der Waals surface area contributed by atoms with Crippen LogP contribution in [-0.4, -0.2) is 39.6 Å². The van der Waals surface area contributed by atoms with Crippen molar-refractivity contribution in [3.05, 3.63) is 41.7 Å². The lowest BCUT2D eigenvalue weighted by Crippen LogP contribution is -2.37. The SMILES string of the molecule is CB(O)N1C[C@H](F)C[C@H]1c1nc2ccc3cc(C)ccc3c2[nH]1. The van der Waals surface area contributed by atoms with Crippen LogP contribution in [0.2, 0.25) is 6.82 Å². The van der Waals surface area contributed by atoms with Crippen molar-refractivity contribution in [3.63, 3.8) is 0 Å². The molecule has 4 rings (SSSR count). The van der Waals surface area contributed by atoms with E-state index in [1.165, 1.54) is 5.56 Å². The van der Waals surface area contributed by atoms with Crippen molar-refractivity contribution in [2.75, 3.05) is 6.54 Å². The third-order valence-electron chi connectivity index (χ3n) is 4.73. The zero-order valence-electron chi connectivity index (χ0n) is 13.3. The molecule has 0 aliphatic carbocycles. The van der Waals surface area contributed by atoms with Crippen LogP contribution in [0.25, 0.3) is 21.8 Å². The van der Waals surface area contributed by atoms with E-state index in [4.69, 9.17) is 0 Å². The van der Waals surface area contributed by atoms with Crippen LogP contribution in [-0.2, 0) is 0 Å². The Balaban J connectivity index is 1.84. The number of fused-ring (bicyclic) bond motifs is 3. The first kappa shape index (κ1) is 14.7. The van der Waals surface area contributed by atoms with E-state index in [0.717, 1.165) is 27.6 Å². The number of imidazole rings is 1. The molecule has 1 aliphatic rings. The van der Waals surface area contributed by atoms with Crippen LogP contribution in [0.5, 0.6) is 0 Å². The maximum absolute atomic E-state index is 13.8. The number of alkyl halides is 1. The second-order valence-electron chi connectivity index (χ2n) is 6.48. The minimum Gasteiger partial charge on any atom is -0.437 e. The highest BCUT2D eigenvalue weighted by molar-refractivity contribution is 6.45. The smallest absolute Gasteiger partial charge is 0.377 e. The lowest BCUT2D eigenvalue weighted by Gasteiger charge is -2.22. The lowest BCUT2D eigenvalue weighted by molar-refractivity contribution is 0.322. The maximum atomic E-state index is 13.8. The van der Waals surface area contributed by atoms with E-state index >= 15 is 0 Å². The van der Waals surface area contributed by atoms with Gasteiger partial charge >= 0.3 is 7.05 Å². The van der Waals surface area contributed by atoms with E-state index in [0.29, 0.717) is 6.42 Å². The van der Waals surface area contributed by atoms with Crippen LogP contribution in [0.3, 0.4) is 0 Å². The van der Waals surface area contributed by atoms with Crippen molar-refractivity contribution in [1.29, 1.82) is 0 Å². The molecule has 6 heteroatoms. The van der Waals surface area contributed by atoms with Crippen LogP contribution in [0.1, 0.15) is 23.9 Å². The monoisotopic (exact) mass is 311 g/mol. The summed E-state index contributed by atoms with van der Waals surface area (Å²) in [5.41, 5.74) is 3.07. The zero-order chi connectivity index (χ0) is 16.1. The molecule has 1 aromatic heterocycles. The minimum atomic E-state index is -0.929. The molecule has 1 fully saturated rings. The molecule has 2 aromatic carbocycles. The molecule has 4 nitrogen and oxygen atoms in total. The number of nitrogens with zero attached hydrogens (tertiary/aromatic N) is 2. The number of halogens is 1. The third kappa shape index (κ3) is 2.42. The number of aryl methyl sites for hydroxylation is 1. The number of aromatic nitrogens is 2. The van der Waals surface area contributed by atoms with Crippen LogP contribution < -0.4 is 0 Å². The minimum absolute atomic E-state index is 0.210. The molecule has 2 heterocycles. The first-order chi connectivity index (χ1) is 11.0. The highest BCUT2D eigenvalue weighted by Crippen LogP contribution is 2.34. The fraction of sp³-hybridized carbons (Fsp3) is 0.353. The second-order valence-corrected chi connectivity index (χ2v) is 6.48. The van der Waals surface area contributed by atoms with Gasteiger partial charge in [-0.3, -0.25) is 0 Å². The Kier molecular flexibility index (Phi) is 3.39. The largest absolute Gasteiger partial charge is 0.437 e. The molecule has 3 aromatic rings. The topological polar surface area (TPSA) is 52.1 Å². The summed E-state index contributed by atoms with van der Waals surface area (Å²) in [4.78, 5) is 9.79. The molecule has 1 aliphatic heterocycles. The summed E-state index contributed by atoms with van der Waals surface area (Å²) < 4.78 is 13.8. The molecule has 23 heavy (non-hydrogen) atoms. The molecular formula is C17H19BFN3O. The number of nitrogens with one attached hydrogen (secondary N) is 1. The van der Waals surface area contributed by atoms with Gasteiger partial charge in [-0.05, 0) is 25.2 Å². The standard InChI is InChI=1S/C17H19BFN3O/c1-10-3-5-13-11(7-10)4-6-14-16(13)21-17(20-14)15-8-12(19)9-22(15)18(2)23/h3-7,12,15,23H,8-9H2,1-2H3,(H,20,21)/t12-,15+/m1/s1. The molecular weight excluding hydrogens is 292 g/mol. The first-order valence-corrected chi connectivity index (χ1v) is 8.00. The zero-order valence-corrected chi connectivity index (χ0v) is 13.3. The Labute approximate surface area is 134 Å². The molecule has 1 saturated heterocycles. The molecule has 0 radical (unpaired) electrons. The molecule has 0 amide bonds. The van der Waals surface area contributed by atoms with E-state index in [2.05, 4.69) is 41.2 Å². The highest BCUT2D eigenvalue weighted by Gasteiger charge is 2.38. The van der Waals surface area contributed by atoms with E-state index < -0.39 is 13.2 Å². The van der Waals surface area contributed by atoms with Gasteiger partial charge in [-0.25, -0.2) is 9.37 Å². The van der Waals surface area contributed by atoms with Crippen molar-refractivity contribution >= 4 is 28.9 Å². The molecule has 0 unspecified atom stereocenters. The van der Waals surface area contributed by atoms with Crippen molar-refractivity contribution in [2.45, 2.75) is 32.4 Å². The van der Waals surface area contributed by atoms with Gasteiger partial charge in [-0.15, -0.1) is 0 Å². The van der Waals surface area contributed by atoms with Gasteiger partial charge in [0.05, 0.1) is 17.1 Å². The predicted molar refractivity (Wildman–Crippen MR) is 91.1 cm³/mol. The number of rotatable bonds is 2. The van der Waals surface area contributed by atoms with Gasteiger partial charge in [0.15, 0.2) is 0 Å². The molecule has 0 saturated carbocycles. The summed E-state index contributed by atoms with van der Waals surface area (Å²) >= 11 is 0. The average molecular weight is 311 g/mol. The van der Waals surface area contributed by atoms with Gasteiger partial charge in [0.2, 0.25) is 0 Å². The normalized spacial score (nSPS) is 22.3. The van der Waals surface area contributed by atoms with E-state index in [1.807, 2.05) is 6.07 Å². The van der Waals surface area contributed by atoms with Crippen molar-refractivity contribution < 1.29 is 9.41 Å². The quantitative estimate of drug-likeness (QED) is 0.715.